The van der Waals surface area contributed by atoms with Crippen LogP contribution in [0.25, 0.3) is 0 Å². The van der Waals surface area contributed by atoms with E-state index in [2.05, 4.69) is 5.32 Å². The number of hydrogen-bond donors (Lipinski definition) is 2. The van der Waals surface area contributed by atoms with Crippen LogP contribution in [0.15, 0.2) is 18.2 Å². The summed E-state index contributed by atoms with van der Waals surface area (Å²) in [7, 11) is 1.50. The zero-order valence-corrected chi connectivity index (χ0v) is 12.2. The Morgan fingerprint density at radius 3 is 2.79 bits per heavy atom. The van der Waals surface area contributed by atoms with E-state index in [4.69, 9.17) is 27.9 Å². The zero-order valence-electron chi connectivity index (χ0n) is 10.7. The monoisotopic (exact) mass is 305 g/mol. The van der Waals surface area contributed by atoms with Crippen LogP contribution < -0.4 is 5.32 Å². The van der Waals surface area contributed by atoms with E-state index in [1.54, 1.807) is 12.1 Å². The maximum Gasteiger partial charge on any atom is 0.220 e. The largest absolute Gasteiger partial charge is 0.389 e. The minimum absolute atomic E-state index is 0.124. The number of carbonyl (C=O) groups is 1. The summed E-state index contributed by atoms with van der Waals surface area (Å²) in [5, 5.41) is 13.0. The molecule has 0 saturated carbocycles. The molecule has 1 atom stereocenters. The molecule has 0 heterocycles. The Bertz CT molecular complexity index is 426. The lowest BCUT2D eigenvalue weighted by molar-refractivity contribution is -0.121. The van der Waals surface area contributed by atoms with Crippen molar-refractivity contribution in [3.63, 3.8) is 0 Å². The maximum atomic E-state index is 11.6. The lowest BCUT2D eigenvalue weighted by Crippen LogP contribution is -2.34. The fourth-order valence-electron chi connectivity index (χ4n) is 1.52. The van der Waals surface area contributed by atoms with E-state index in [-0.39, 0.29) is 19.1 Å². The number of benzene rings is 1. The topological polar surface area (TPSA) is 58.6 Å². The van der Waals surface area contributed by atoms with Crippen LogP contribution in [0.5, 0.6) is 0 Å². The van der Waals surface area contributed by atoms with E-state index < -0.39 is 6.10 Å². The number of hydrogen-bond acceptors (Lipinski definition) is 3. The Kier molecular flexibility index (Phi) is 7.16. The predicted octanol–water partition coefficient (Wildman–Crippen LogP) is 2.05. The molecule has 6 heteroatoms. The van der Waals surface area contributed by atoms with Crippen molar-refractivity contribution >= 4 is 29.1 Å². The summed E-state index contributed by atoms with van der Waals surface area (Å²) in [5.74, 6) is -0.124. The summed E-state index contributed by atoms with van der Waals surface area (Å²) in [5.41, 5.74) is 0.946. The van der Waals surface area contributed by atoms with Crippen molar-refractivity contribution in [2.75, 3.05) is 20.3 Å². The highest BCUT2D eigenvalue weighted by molar-refractivity contribution is 6.42. The van der Waals surface area contributed by atoms with Crippen LogP contribution in [0.3, 0.4) is 0 Å². The Labute approximate surface area is 122 Å². The van der Waals surface area contributed by atoms with Gasteiger partial charge in [0.05, 0.1) is 22.8 Å². The molecule has 0 saturated heterocycles. The van der Waals surface area contributed by atoms with Gasteiger partial charge >= 0.3 is 0 Å². The summed E-state index contributed by atoms with van der Waals surface area (Å²) in [4.78, 5) is 11.6. The van der Waals surface area contributed by atoms with Crippen LogP contribution in [-0.2, 0) is 16.0 Å². The summed E-state index contributed by atoms with van der Waals surface area (Å²) in [6, 6.07) is 5.29. The van der Waals surface area contributed by atoms with Crippen LogP contribution in [0.1, 0.15) is 12.0 Å². The first-order chi connectivity index (χ1) is 9.02. The van der Waals surface area contributed by atoms with E-state index in [9.17, 15) is 9.90 Å². The fourth-order valence-corrected chi connectivity index (χ4v) is 1.85. The highest BCUT2D eigenvalue weighted by atomic mass is 35.5. The first kappa shape index (κ1) is 16.2. The lowest BCUT2D eigenvalue weighted by Gasteiger charge is -2.10. The number of carbonyl (C=O) groups excluding carboxylic acids is 1. The third-order valence-corrected chi connectivity index (χ3v) is 3.26. The molecule has 0 aliphatic heterocycles. The van der Waals surface area contributed by atoms with Gasteiger partial charge in [0.25, 0.3) is 0 Å². The second-order valence-electron chi connectivity index (χ2n) is 4.16. The van der Waals surface area contributed by atoms with Gasteiger partial charge in [-0.3, -0.25) is 4.79 Å². The minimum atomic E-state index is -0.682. The number of aryl methyl sites for hydroxylation is 1. The van der Waals surface area contributed by atoms with E-state index in [0.717, 1.165) is 5.56 Å². The summed E-state index contributed by atoms with van der Waals surface area (Å²) in [6.45, 7) is 0.390. The SMILES string of the molecule is COCC(O)CNC(=O)CCc1ccc(Cl)c(Cl)c1. The van der Waals surface area contributed by atoms with Crippen molar-refractivity contribution in [3.8, 4) is 0 Å². The van der Waals surface area contributed by atoms with Gasteiger partial charge < -0.3 is 15.2 Å². The van der Waals surface area contributed by atoms with Crippen molar-refractivity contribution in [2.24, 2.45) is 0 Å². The van der Waals surface area contributed by atoms with Gasteiger partial charge in [-0.15, -0.1) is 0 Å². The molecular weight excluding hydrogens is 289 g/mol. The second kappa shape index (κ2) is 8.38. The standard InChI is InChI=1S/C13H17Cl2NO3/c1-19-8-10(17)7-16-13(18)5-3-9-2-4-11(14)12(15)6-9/h2,4,6,10,17H,3,5,7-8H2,1H3,(H,16,18). The molecule has 19 heavy (non-hydrogen) atoms. The zero-order chi connectivity index (χ0) is 14.3. The normalized spacial score (nSPS) is 12.2. The van der Waals surface area contributed by atoms with E-state index >= 15 is 0 Å². The molecule has 1 rings (SSSR count). The Hall–Kier alpha value is -0.810. The molecule has 1 unspecified atom stereocenters. The highest BCUT2D eigenvalue weighted by Crippen LogP contribution is 2.23. The molecule has 0 radical (unpaired) electrons. The first-order valence-corrected chi connectivity index (χ1v) is 6.66. The van der Waals surface area contributed by atoms with Gasteiger partial charge in [-0.25, -0.2) is 0 Å². The van der Waals surface area contributed by atoms with Crippen molar-refractivity contribution in [2.45, 2.75) is 18.9 Å². The molecular formula is C13H17Cl2NO3. The Morgan fingerprint density at radius 2 is 2.16 bits per heavy atom. The average molecular weight is 306 g/mol. The quantitative estimate of drug-likeness (QED) is 0.810. The van der Waals surface area contributed by atoms with Crippen molar-refractivity contribution in [1.82, 2.24) is 5.32 Å². The van der Waals surface area contributed by atoms with E-state index in [1.807, 2.05) is 6.07 Å². The van der Waals surface area contributed by atoms with Gasteiger partial charge in [-0.2, -0.15) is 0 Å². The molecule has 0 spiro atoms. The highest BCUT2D eigenvalue weighted by Gasteiger charge is 2.07. The minimum Gasteiger partial charge on any atom is -0.389 e. The molecule has 0 fully saturated rings. The second-order valence-corrected chi connectivity index (χ2v) is 4.98. The number of rotatable bonds is 7. The summed E-state index contributed by atoms with van der Waals surface area (Å²) >= 11 is 11.7. The number of ether oxygens (including phenoxy) is 1. The molecule has 0 aliphatic rings. The molecule has 1 amide bonds. The third kappa shape index (κ3) is 6.25. The van der Waals surface area contributed by atoms with E-state index in [0.29, 0.717) is 22.9 Å². The van der Waals surface area contributed by atoms with Crippen LogP contribution in [0.4, 0.5) is 0 Å². The van der Waals surface area contributed by atoms with E-state index in [1.165, 1.54) is 7.11 Å². The van der Waals surface area contributed by atoms with Crippen molar-refractivity contribution in [1.29, 1.82) is 0 Å². The molecule has 4 nitrogen and oxygen atoms in total. The predicted molar refractivity (Wildman–Crippen MR) is 75.7 cm³/mol. The van der Waals surface area contributed by atoms with Crippen LogP contribution in [-0.4, -0.2) is 37.4 Å². The summed E-state index contributed by atoms with van der Waals surface area (Å²) < 4.78 is 4.76. The molecule has 106 valence electrons. The maximum absolute atomic E-state index is 11.6. The molecule has 1 aromatic carbocycles. The first-order valence-electron chi connectivity index (χ1n) is 5.90. The molecule has 0 aliphatic carbocycles. The fraction of sp³-hybridized carbons (Fsp3) is 0.462. The number of nitrogens with one attached hydrogen (secondary N) is 1. The molecule has 0 aromatic heterocycles. The van der Waals surface area contributed by atoms with Gasteiger partial charge in [0, 0.05) is 20.1 Å². The Morgan fingerprint density at radius 1 is 1.42 bits per heavy atom. The molecule has 0 bridgehead atoms. The number of aliphatic hydroxyl groups excluding tert-OH is 1. The van der Waals surface area contributed by atoms with Crippen LogP contribution >= 0.6 is 23.2 Å². The van der Waals surface area contributed by atoms with Crippen molar-refractivity contribution in [3.05, 3.63) is 33.8 Å². The number of aliphatic hydroxyl groups is 1. The van der Waals surface area contributed by atoms with Gasteiger partial charge in [-0.1, -0.05) is 29.3 Å². The third-order valence-electron chi connectivity index (χ3n) is 2.52. The average Bonchev–Trinajstić information content (AvgIpc) is 2.38. The summed E-state index contributed by atoms with van der Waals surface area (Å²) in [6.07, 6.45) is 0.222. The Balaban J connectivity index is 2.31. The molecule has 2 N–H and O–H groups in total. The van der Waals surface area contributed by atoms with Crippen LogP contribution in [0.2, 0.25) is 10.0 Å². The van der Waals surface area contributed by atoms with Crippen LogP contribution in [0, 0.1) is 0 Å². The smallest absolute Gasteiger partial charge is 0.220 e. The lowest BCUT2D eigenvalue weighted by atomic mass is 10.1. The number of methoxy groups -OCH3 is 1. The number of amides is 1. The number of halogens is 2. The van der Waals surface area contributed by atoms with Gasteiger partial charge in [0.1, 0.15) is 0 Å². The van der Waals surface area contributed by atoms with Gasteiger partial charge in [0.15, 0.2) is 0 Å². The van der Waals surface area contributed by atoms with Crippen molar-refractivity contribution < 1.29 is 14.6 Å². The molecule has 1 aromatic rings. The van der Waals surface area contributed by atoms with Gasteiger partial charge in [0.2, 0.25) is 5.91 Å². The van der Waals surface area contributed by atoms with Gasteiger partial charge in [-0.05, 0) is 24.1 Å².